The van der Waals surface area contributed by atoms with Crippen LogP contribution in [0.25, 0.3) is 0 Å². The lowest BCUT2D eigenvalue weighted by Gasteiger charge is -2.03. The van der Waals surface area contributed by atoms with E-state index in [0.717, 1.165) is 0 Å². The number of hydrogen-bond acceptors (Lipinski definition) is 5. The molecule has 0 atom stereocenters. The van der Waals surface area contributed by atoms with E-state index in [2.05, 4.69) is 9.72 Å². The predicted molar refractivity (Wildman–Crippen MR) is 58.6 cm³/mol. The standard InChI is InChI=1S/C10H11NO4S/c1-15-9(12)3-5-16-8-6-11-4-2-7(8)10(13)14/h2,4,6H,3,5H2,1H3,(H,13,14). The minimum absolute atomic E-state index is 0.199. The van der Waals surface area contributed by atoms with Crippen molar-refractivity contribution in [1.29, 1.82) is 0 Å². The summed E-state index contributed by atoms with van der Waals surface area (Å²) in [6.07, 6.45) is 3.15. The van der Waals surface area contributed by atoms with E-state index < -0.39 is 5.97 Å². The Kier molecular flexibility index (Phi) is 4.78. The Morgan fingerprint density at radius 2 is 2.31 bits per heavy atom. The van der Waals surface area contributed by atoms with E-state index in [4.69, 9.17) is 5.11 Å². The number of carbonyl (C=O) groups excluding carboxylic acids is 1. The molecule has 0 radical (unpaired) electrons. The number of esters is 1. The maximum Gasteiger partial charge on any atom is 0.336 e. The van der Waals surface area contributed by atoms with Gasteiger partial charge in [0.25, 0.3) is 0 Å². The molecule has 1 N–H and O–H groups in total. The number of methoxy groups -OCH3 is 1. The fourth-order valence-corrected chi connectivity index (χ4v) is 1.95. The average molecular weight is 241 g/mol. The van der Waals surface area contributed by atoms with Crippen LogP contribution in [-0.4, -0.2) is 34.9 Å². The van der Waals surface area contributed by atoms with E-state index in [9.17, 15) is 9.59 Å². The van der Waals surface area contributed by atoms with Gasteiger partial charge < -0.3 is 9.84 Å². The number of thioether (sulfide) groups is 1. The van der Waals surface area contributed by atoms with Crippen molar-refractivity contribution < 1.29 is 19.4 Å². The molecule has 86 valence electrons. The maximum absolute atomic E-state index is 10.9. The van der Waals surface area contributed by atoms with E-state index in [1.165, 1.54) is 37.3 Å². The van der Waals surface area contributed by atoms with Gasteiger partial charge >= 0.3 is 11.9 Å². The number of ether oxygens (including phenoxy) is 1. The zero-order chi connectivity index (χ0) is 12.0. The van der Waals surface area contributed by atoms with Gasteiger partial charge in [0, 0.05) is 23.0 Å². The molecule has 0 aliphatic heterocycles. The third kappa shape index (κ3) is 3.54. The van der Waals surface area contributed by atoms with Crippen molar-refractivity contribution in [2.75, 3.05) is 12.9 Å². The van der Waals surface area contributed by atoms with E-state index in [0.29, 0.717) is 10.6 Å². The summed E-state index contributed by atoms with van der Waals surface area (Å²) in [5.41, 5.74) is 0.199. The molecule has 0 bridgehead atoms. The molecule has 0 aliphatic rings. The van der Waals surface area contributed by atoms with Crippen LogP contribution in [0.1, 0.15) is 16.8 Å². The summed E-state index contributed by atoms with van der Waals surface area (Å²) in [5.74, 6) is -0.838. The molecule has 1 aromatic heterocycles. The number of carboxylic acids is 1. The Balaban J connectivity index is 2.60. The van der Waals surface area contributed by atoms with Gasteiger partial charge in [0.05, 0.1) is 19.1 Å². The molecule has 0 spiro atoms. The van der Waals surface area contributed by atoms with Gasteiger partial charge in [-0.15, -0.1) is 11.8 Å². The molecule has 1 aromatic rings. The molecule has 1 rings (SSSR count). The van der Waals surface area contributed by atoms with E-state index in [-0.39, 0.29) is 18.0 Å². The van der Waals surface area contributed by atoms with Gasteiger partial charge in [-0.3, -0.25) is 9.78 Å². The molecule has 16 heavy (non-hydrogen) atoms. The summed E-state index contributed by atoms with van der Waals surface area (Å²) < 4.78 is 4.48. The SMILES string of the molecule is COC(=O)CCSc1cnccc1C(=O)O. The molecule has 0 aliphatic carbocycles. The fourth-order valence-electron chi connectivity index (χ4n) is 1.02. The Morgan fingerprint density at radius 1 is 1.56 bits per heavy atom. The van der Waals surface area contributed by atoms with Crippen LogP contribution in [0.5, 0.6) is 0 Å². The lowest BCUT2D eigenvalue weighted by Crippen LogP contribution is -2.03. The minimum atomic E-state index is -0.997. The minimum Gasteiger partial charge on any atom is -0.478 e. The summed E-state index contributed by atoms with van der Waals surface area (Å²) in [5, 5.41) is 8.89. The predicted octanol–water partition coefficient (Wildman–Crippen LogP) is 1.43. The Hall–Kier alpha value is -1.56. The molecule has 0 aromatic carbocycles. The second kappa shape index (κ2) is 6.12. The van der Waals surface area contributed by atoms with Gasteiger partial charge in [-0.25, -0.2) is 4.79 Å². The molecular weight excluding hydrogens is 230 g/mol. The summed E-state index contributed by atoms with van der Waals surface area (Å²) in [4.78, 5) is 26.1. The number of rotatable bonds is 5. The van der Waals surface area contributed by atoms with Crippen LogP contribution >= 0.6 is 11.8 Å². The molecule has 0 unspecified atom stereocenters. The zero-order valence-electron chi connectivity index (χ0n) is 8.67. The second-order valence-electron chi connectivity index (χ2n) is 2.85. The third-order valence-corrected chi connectivity index (χ3v) is 2.85. The van der Waals surface area contributed by atoms with Crippen LogP contribution in [0.3, 0.4) is 0 Å². The van der Waals surface area contributed by atoms with Crippen molar-refractivity contribution >= 4 is 23.7 Å². The molecule has 0 saturated heterocycles. The van der Waals surface area contributed by atoms with Crippen LogP contribution in [0, 0.1) is 0 Å². The maximum atomic E-state index is 10.9. The van der Waals surface area contributed by atoms with Gasteiger partial charge in [0.1, 0.15) is 0 Å². The van der Waals surface area contributed by atoms with E-state index in [1.807, 2.05) is 0 Å². The van der Waals surface area contributed by atoms with Crippen molar-refractivity contribution in [3.63, 3.8) is 0 Å². The van der Waals surface area contributed by atoms with E-state index >= 15 is 0 Å². The molecule has 6 heteroatoms. The van der Waals surface area contributed by atoms with Crippen LogP contribution in [0.15, 0.2) is 23.4 Å². The van der Waals surface area contributed by atoms with Crippen LogP contribution in [-0.2, 0) is 9.53 Å². The van der Waals surface area contributed by atoms with Gasteiger partial charge in [0.15, 0.2) is 0 Å². The molecule has 0 fully saturated rings. The number of aromatic carboxylic acids is 1. The molecule has 5 nitrogen and oxygen atoms in total. The van der Waals surface area contributed by atoms with Gasteiger partial charge in [-0.1, -0.05) is 0 Å². The van der Waals surface area contributed by atoms with Crippen molar-refractivity contribution in [2.45, 2.75) is 11.3 Å². The van der Waals surface area contributed by atoms with Crippen molar-refractivity contribution in [2.24, 2.45) is 0 Å². The second-order valence-corrected chi connectivity index (χ2v) is 3.99. The lowest BCUT2D eigenvalue weighted by molar-refractivity contribution is -0.140. The van der Waals surface area contributed by atoms with Crippen LogP contribution < -0.4 is 0 Å². The first-order chi connectivity index (χ1) is 7.65. The number of aromatic nitrogens is 1. The highest BCUT2D eigenvalue weighted by Crippen LogP contribution is 2.22. The van der Waals surface area contributed by atoms with Gasteiger partial charge in [-0.2, -0.15) is 0 Å². The number of pyridine rings is 1. The van der Waals surface area contributed by atoms with E-state index in [1.54, 1.807) is 0 Å². The first-order valence-electron chi connectivity index (χ1n) is 4.52. The summed E-state index contributed by atoms with van der Waals surface area (Å²) in [6, 6.07) is 1.43. The zero-order valence-corrected chi connectivity index (χ0v) is 9.49. The smallest absolute Gasteiger partial charge is 0.336 e. The van der Waals surface area contributed by atoms with Gasteiger partial charge in [-0.05, 0) is 6.07 Å². The number of nitrogens with zero attached hydrogens (tertiary/aromatic N) is 1. The normalized spacial score (nSPS) is 9.81. The first kappa shape index (κ1) is 12.5. The highest BCUT2D eigenvalue weighted by Gasteiger charge is 2.10. The molecule has 0 saturated carbocycles. The van der Waals surface area contributed by atoms with Crippen LogP contribution in [0.4, 0.5) is 0 Å². The third-order valence-electron chi connectivity index (χ3n) is 1.81. The first-order valence-corrected chi connectivity index (χ1v) is 5.50. The van der Waals surface area contributed by atoms with Crippen molar-refractivity contribution in [3.05, 3.63) is 24.0 Å². The topological polar surface area (TPSA) is 76.5 Å². The highest BCUT2D eigenvalue weighted by atomic mass is 32.2. The number of carbonyl (C=O) groups is 2. The van der Waals surface area contributed by atoms with Crippen molar-refractivity contribution in [1.82, 2.24) is 4.98 Å². The lowest BCUT2D eigenvalue weighted by atomic mass is 10.3. The van der Waals surface area contributed by atoms with Gasteiger partial charge in [0.2, 0.25) is 0 Å². The highest BCUT2D eigenvalue weighted by molar-refractivity contribution is 7.99. The summed E-state index contributed by atoms with van der Waals surface area (Å²) in [7, 11) is 1.32. The molecule has 1 heterocycles. The number of hydrogen-bond donors (Lipinski definition) is 1. The fraction of sp³-hybridized carbons (Fsp3) is 0.300. The largest absolute Gasteiger partial charge is 0.478 e. The van der Waals surface area contributed by atoms with Crippen LogP contribution in [0.2, 0.25) is 0 Å². The van der Waals surface area contributed by atoms with Crippen molar-refractivity contribution in [3.8, 4) is 0 Å². The Bertz CT molecular complexity index is 394. The summed E-state index contributed by atoms with van der Waals surface area (Å²) in [6.45, 7) is 0. The molecular formula is C10H11NO4S. The molecule has 0 amide bonds. The number of carboxylic acid groups (broad SMARTS) is 1. The Morgan fingerprint density at radius 3 is 2.94 bits per heavy atom. The Labute approximate surface area is 96.8 Å². The average Bonchev–Trinajstić information content (AvgIpc) is 2.29. The quantitative estimate of drug-likeness (QED) is 0.621. The summed E-state index contributed by atoms with van der Waals surface area (Å²) >= 11 is 1.27. The monoisotopic (exact) mass is 241 g/mol.